The summed E-state index contributed by atoms with van der Waals surface area (Å²) in [4.78, 5) is 29.6. The lowest BCUT2D eigenvalue weighted by Crippen LogP contribution is -2.42. The van der Waals surface area contributed by atoms with Crippen LogP contribution in [0.3, 0.4) is 0 Å². The van der Waals surface area contributed by atoms with Crippen LogP contribution < -0.4 is 10.9 Å². The molecule has 1 amide bonds. The van der Waals surface area contributed by atoms with Crippen LogP contribution in [-0.4, -0.2) is 31.7 Å². The van der Waals surface area contributed by atoms with Gasteiger partial charge >= 0.3 is 0 Å². The highest BCUT2D eigenvalue weighted by Gasteiger charge is 2.34. The van der Waals surface area contributed by atoms with Gasteiger partial charge in [0.25, 0.3) is 11.5 Å². The lowest BCUT2D eigenvalue weighted by molar-refractivity contribution is -0.0566. The van der Waals surface area contributed by atoms with E-state index in [9.17, 15) is 14.7 Å². The summed E-state index contributed by atoms with van der Waals surface area (Å²) in [5, 5.41) is 14.4. The number of nitrogens with one attached hydrogen (secondary N) is 1. The third-order valence-corrected chi connectivity index (χ3v) is 5.58. The fourth-order valence-electron chi connectivity index (χ4n) is 3.64. The summed E-state index contributed by atoms with van der Waals surface area (Å²) in [6, 6.07) is 5.60. The largest absolute Gasteiger partial charge is 0.501 e. The monoisotopic (exact) mass is 416 g/mol. The van der Waals surface area contributed by atoms with Gasteiger partial charge in [-0.1, -0.05) is 11.6 Å². The van der Waals surface area contributed by atoms with E-state index < -0.39 is 22.8 Å². The van der Waals surface area contributed by atoms with Gasteiger partial charge in [0.15, 0.2) is 5.69 Å². The molecule has 0 fully saturated rings. The van der Waals surface area contributed by atoms with Crippen molar-refractivity contribution >= 4 is 28.4 Å². The minimum Gasteiger partial charge on any atom is -0.501 e. The van der Waals surface area contributed by atoms with Gasteiger partial charge in [0.1, 0.15) is 11.4 Å². The van der Waals surface area contributed by atoms with Crippen molar-refractivity contribution in [2.24, 2.45) is 7.05 Å². The molecule has 0 spiro atoms. The highest BCUT2D eigenvalue weighted by atomic mass is 35.5. The molecule has 1 aromatic carbocycles. The van der Waals surface area contributed by atoms with Crippen molar-refractivity contribution in [3.8, 4) is 5.75 Å². The maximum Gasteiger partial charge on any atom is 0.296 e. The number of nitrogens with zero attached hydrogens (tertiary/aromatic N) is 3. The predicted molar refractivity (Wildman–Crippen MR) is 108 cm³/mol. The number of fused-ring (bicyclic) bond motifs is 2. The van der Waals surface area contributed by atoms with E-state index in [2.05, 4.69) is 10.3 Å². The first-order valence-electron chi connectivity index (χ1n) is 9.19. The zero-order chi connectivity index (χ0) is 20.9. The smallest absolute Gasteiger partial charge is 0.296 e. The maximum absolute atomic E-state index is 12.8. The second kappa shape index (κ2) is 6.89. The van der Waals surface area contributed by atoms with Gasteiger partial charge in [-0.05, 0) is 37.6 Å². The van der Waals surface area contributed by atoms with Crippen LogP contribution in [0.1, 0.15) is 35.7 Å². The van der Waals surface area contributed by atoms with Crippen LogP contribution in [0.5, 0.6) is 5.75 Å². The topological polar surface area (TPSA) is 98.4 Å². The molecule has 0 saturated heterocycles. The number of aromatic nitrogens is 3. The Morgan fingerprint density at radius 1 is 1.38 bits per heavy atom. The molecule has 29 heavy (non-hydrogen) atoms. The van der Waals surface area contributed by atoms with Crippen LogP contribution in [0.25, 0.3) is 10.9 Å². The van der Waals surface area contributed by atoms with Gasteiger partial charge in [-0.25, -0.2) is 4.98 Å². The Morgan fingerprint density at radius 2 is 2.14 bits per heavy atom. The lowest BCUT2D eigenvalue weighted by atomic mass is 10.1. The third kappa shape index (κ3) is 3.18. The SMILES string of the molecule is Cn1ccc2c(CNC(=O)c3nc4n(c(=O)c3O)CCOC4(C)C)c(Cl)ccc21. The molecule has 0 radical (unpaired) electrons. The van der Waals surface area contributed by atoms with Crippen LogP contribution in [0.15, 0.2) is 29.2 Å². The van der Waals surface area contributed by atoms with Crippen molar-refractivity contribution in [1.29, 1.82) is 0 Å². The number of carbonyl (C=O) groups is 1. The van der Waals surface area contributed by atoms with Crippen LogP contribution in [0.2, 0.25) is 5.02 Å². The third-order valence-electron chi connectivity index (χ3n) is 5.22. The van der Waals surface area contributed by atoms with E-state index in [1.807, 2.05) is 29.9 Å². The van der Waals surface area contributed by atoms with Crippen LogP contribution in [-0.2, 0) is 30.5 Å². The standard InChI is InChI=1S/C20H21ClN4O4/c1-20(2)19-23-15(16(26)18(28)25(19)8-9-29-20)17(27)22-10-12-11-6-7-24(3)14(11)5-4-13(12)21/h4-7,26H,8-10H2,1-3H3,(H,22,27). The predicted octanol–water partition coefficient (Wildman–Crippen LogP) is 2.29. The van der Waals surface area contributed by atoms with Crippen molar-refractivity contribution in [1.82, 2.24) is 19.4 Å². The number of carbonyl (C=O) groups excluding carboxylic acids is 1. The van der Waals surface area contributed by atoms with E-state index in [1.54, 1.807) is 19.9 Å². The fourth-order valence-corrected chi connectivity index (χ4v) is 3.88. The molecule has 3 aromatic rings. The van der Waals surface area contributed by atoms with Crippen LogP contribution in [0.4, 0.5) is 0 Å². The van der Waals surface area contributed by atoms with Crippen LogP contribution in [0, 0.1) is 0 Å². The van der Waals surface area contributed by atoms with Gasteiger partial charge in [-0.3, -0.25) is 14.2 Å². The van der Waals surface area contributed by atoms with Crippen LogP contribution >= 0.6 is 11.6 Å². The lowest BCUT2D eigenvalue weighted by Gasteiger charge is -2.32. The number of aryl methyl sites for hydroxylation is 1. The minimum absolute atomic E-state index is 0.123. The van der Waals surface area contributed by atoms with E-state index in [0.717, 1.165) is 16.5 Å². The number of rotatable bonds is 3. The molecule has 0 atom stereocenters. The van der Waals surface area contributed by atoms with Gasteiger partial charge in [-0.2, -0.15) is 0 Å². The zero-order valence-electron chi connectivity index (χ0n) is 16.3. The van der Waals surface area contributed by atoms with Crippen molar-refractivity contribution < 1.29 is 14.6 Å². The molecule has 2 N–H and O–H groups in total. The summed E-state index contributed by atoms with van der Waals surface area (Å²) in [5.41, 5.74) is -0.101. The fraction of sp³-hybridized carbons (Fsp3) is 0.350. The Hall–Kier alpha value is -2.84. The average Bonchev–Trinajstić information content (AvgIpc) is 3.04. The van der Waals surface area contributed by atoms with E-state index in [4.69, 9.17) is 16.3 Å². The van der Waals surface area contributed by atoms with E-state index in [-0.39, 0.29) is 18.8 Å². The quantitative estimate of drug-likeness (QED) is 0.682. The number of ether oxygens (including phenoxy) is 1. The van der Waals surface area contributed by atoms with Crippen molar-refractivity contribution in [3.05, 3.63) is 56.9 Å². The molecule has 0 bridgehead atoms. The van der Waals surface area contributed by atoms with Gasteiger partial charge in [0, 0.05) is 35.7 Å². The summed E-state index contributed by atoms with van der Waals surface area (Å²) in [6.07, 6.45) is 1.91. The molecule has 152 valence electrons. The van der Waals surface area contributed by atoms with E-state index in [1.165, 1.54) is 4.57 Å². The van der Waals surface area contributed by atoms with Gasteiger partial charge in [0.05, 0.1) is 13.2 Å². The molecular weight excluding hydrogens is 396 g/mol. The first-order chi connectivity index (χ1) is 13.7. The first kappa shape index (κ1) is 19.5. The maximum atomic E-state index is 12.8. The molecule has 4 rings (SSSR count). The molecule has 1 aliphatic heterocycles. The Morgan fingerprint density at radius 3 is 2.90 bits per heavy atom. The van der Waals surface area contributed by atoms with Crippen molar-refractivity contribution in [2.45, 2.75) is 32.5 Å². The highest BCUT2D eigenvalue weighted by Crippen LogP contribution is 2.28. The molecule has 3 heterocycles. The summed E-state index contributed by atoms with van der Waals surface area (Å²) in [6.45, 7) is 4.24. The molecule has 0 unspecified atom stereocenters. The number of aromatic hydroxyl groups is 1. The summed E-state index contributed by atoms with van der Waals surface area (Å²) in [5.74, 6) is -1.03. The summed E-state index contributed by atoms with van der Waals surface area (Å²) < 4.78 is 8.96. The molecular formula is C20H21ClN4O4. The summed E-state index contributed by atoms with van der Waals surface area (Å²) >= 11 is 6.34. The molecule has 0 aliphatic carbocycles. The van der Waals surface area contributed by atoms with E-state index >= 15 is 0 Å². The number of benzene rings is 1. The normalized spacial score (nSPS) is 15.3. The van der Waals surface area contributed by atoms with Gasteiger partial charge in [-0.15, -0.1) is 0 Å². The second-order valence-corrected chi connectivity index (χ2v) is 7.92. The van der Waals surface area contributed by atoms with E-state index in [0.29, 0.717) is 17.5 Å². The Labute approximate surface area is 171 Å². The average molecular weight is 417 g/mol. The summed E-state index contributed by atoms with van der Waals surface area (Å²) in [7, 11) is 1.92. The zero-order valence-corrected chi connectivity index (χ0v) is 17.1. The number of hydrogen-bond donors (Lipinski definition) is 2. The Bertz CT molecular complexity index is 1200. The number of halogens is 1. The molecule has 8 nitrogen and oxygen atoms in total. The van der Waals surface area contributed by atoms with Gasteiger partial charge in [0.2, 0.25) is 5.75 Å². The number of hydrogen-bond acceptors (Lipinski definition) is 5. The van der Waals surface area contributed by atoms with Crippen molar-refractivity contribution in [2.75, 3.05) is 6.61 Å². The Balaban J connectivity index is 1.68. The number of amides is 1. The first-order valence-corrected chi connectivity index (χ1v) is 9.57. The molecule has 2 aromatic heterocycles. The van der Waals surface area contributed by atoms with Gasteiger partial charge < -0.3 is 19.7 Å². The minimum atomic E-state index is -0.848. The molecule has 0 saturated carbocycles. The molecule has 9 heteroatoms. The molecule has 1 aliphatic rings. The highest BCUT2D eigenvalue weighted by molar-refractivity contribution is 6.32. The Kier molecular flexibility index (Phi) is 4.63. The van der Waals surface area contributed by atoms with Crippen molar-refractivity contribution in [3.63, 3.8) is 0 Å². The second-order valence-electron chi connectivity index (χ2n) is 7.52.